The number of carbonyl (C=O) groups is 2. The van der Waals surface area contributed by atoms with Gasteiger partial charge in [0.1, 0.15) is 0 Å². The Bertz CT molecular complexity index is 998. The third kappa shape index (κ3) is 4.34. The summed E-state index contributed by atoms with van der Waals surface area (Å²) in [4.78, 5) is 25.3. The number of phenolic OH excluding ortho intramolecular Hbond substituents is 1. The average molecular weight is 395 g/mol. The van der Waals surface area contributed by atoms with E-state index in [9.17, 15) is 14.7 Å². The molecule has 3 amide bonds. The van der Waals surface area contributed by atoms with Gasteiger partial charge in [-0.25, -0.2) is 4.79 Å². The van der Waals surface area contributed by atoms with E-state index in [0.717, 1.165) is 11.1 Å². The predicted octanol–water partition coefficient (Wildman–Crippen LogP) is 3.67. The molecule has 0 saturated carbocycles. The van der Waals surface area contributed by atoms with Crippen LogP contribution in [0.1, 0.15) is 36.6 Å². The SMILES string of the molecule is CCOc1cc([C@@H]2NC(=O)NC(C)=C2C(=O)Nc2cc(C)ccc2C)ccc1O. The highest BCUT2D eigenvalue weighted by atomic mass is 16.5. The Balaban J connectivity index is 1.99. The first kappa shape index (κ1) is 20.3. The summed E-state index contributed by atoms with van der Waals surface area (Å²) >= 11 is 0. The maximum absolute atomic E-state index is 13.2. The van der Waals surface area contributed by atoms with E-state index in [-0.39, 0.29) is 11.7 Å². The number of benzene rings is 2. The van der Waals surface area contributed by atoms with Crippen LogP contribution in [0, 0.1) is 13.8 Å². The van der Waals surface area contributed by atoms with Crippen LogP contribution in [0.5, 0.6) is 11.5 Å². The molecule has 152 valence electrons. The van der Waals surface area contributed by atoms with Gasteiger partial charge < -0.3 is 25.8 Å². The number of amides is 3. The smallest absolute Gasteiger partial charge is 0.319 e. The fourth-order valence-corrected chi connectivity index (χ4v) is 3.29. The van der Waals surface area contributed by atoms with Crippen LogP contribution in [-0.4, -0.2) is 23.7 Å². The fourth-order valence-electron chi connectivity index (χ4n) is 3.29. The molecule has 2 aromatic carbocycles. The molecule has 7 heteroatoms. The van der Waals surface area contributed by atoms with E-state index in [1.807, 2.05) is 39.0 Å². The zero-order valence-corrected chi connectivity index (χ0v) is 16.9. The summed E-state index contributed by atoms with van der Waals surface area (Å²) < 4.78 is 5.45. The Hall–Kier alpha value is -3.48. The molecule has 0 bridgehead atoms. The first-order chi connectivity index (χ1) is 13.8. The number of aryl methyl sites for hydroxylation is 2. The van der Waals surface area contributed by atoms with Crippen LogP contribution >= 0.6 is 0 Å². The number of allylic oxidation sites excluding steroid dienone is 1. The lowest BCUT2D eigenvalue weighted by atomic mass is 9.94. The summed E-state index contributed by atoms with van der Waals surface area (Å²) in [6, 6.07) is 9.52. The van der Waals surface area contributed by atoms with Crippen LogP contribution in [0.4, 0.5) is 10.5 Å². The molecule has 4 N–H and O–H groups in total. The highest BCUT2D eigenvalue weighted by molar-refractivity contribution is 6.07. The van der Waals surface area contributed by atoms with Crippen molar-refractivity contribution in [2.45, 2.75) is 33.7 Å². The molecular formula is C22H25N3O4. The summed E-state index contributed by atoms with van der Waals surface area (Å²) in [5, 5.41) is 18.4. The highest BCUT2D eigenvalue weighted by Crippen LogP contribution is 2.34. The summed E-state index contributed by atoms with van der Waals surface area (Å²) in [5.41, 5.74) is 4.17. The number of ether oxygens (including phenoxy) is 1. The zero-order chi connectivity index (χ0) is 21.1. The maximum Gasteiger partial charge on any atom is 0.319 e. The van der Waals surface area contributed by atoms with Crippen LogP contribution in [0.15, 0.2) is 47.7 Å². The van der Waals surface area contributed by atoms with E-state index in [1.54, 1.807) is 19.1 Å². The van der Waals surface area contributed by atoms with E-state index in [4.69, 9.17) is 4.74 Å². The topological polar surface area (TPSA) is 99.7 Å². The van der Waals surface area contributed by atoms with Crippen molar-refractivity contribution in [2.75, 3.05) is 11.9 Å². The molecule has 7 nitrogen and oxygen atoms in total. The van der Waals surface area contributed by atoms with Gasteiger partial charge in [-0.2, -0.15) is 0 Å². The normalized spacial score (nSPS) is 16.1. The van der Waals surface area contributed by atoms with Crippen molar-refractivity contribution in [1.29, 1.82) is 0 Å². The molecule has 2 aromatic rings. The number of hydrogen-bond acceptors (Lipinski definition) is 4. The second-order valence-electron chi connectivity index (χ2n) is 7.00. The van der Waals surface area contributed by atoms with Gasteiger partial charge >= 0.3 is 6.03 Å². The van der Waals surface area contributed by atoms with Crippen LogP contribution in [0.3, 0.4) is 0 Å². The van der Waals surface area contributed by atoms with Crippen molar-refractivity contribution in [3.05, 3.63) is 64.4 Å². The molecule has 1 heterocycles. The molecule has 0 spiro atoms. The molecule has 1 aliphatic rings. The number of hydrogen-bond donors (Lipinski definition) is 4. The number of rotatable bonds is 5. The van der Waals surface area contributed by atoms with Gasteiger partial charge in [-0.3, -0.25) is 4.79 Å². The Morgan fingerprint density at radius 3 is 2.66 bits per heavy atom. The Morgan fingerprint density at radius 1 is 1.17 bits per heavy atom. The minimum atomic E-state index is -0.686. The van der Waals surface area contributed by atoms with Crippen molar-refractivity contribution in [2.24, 2.45) is 0 Å². The lowest BCUT2D eigenvalue weighted by molar-refractivity contribution is -0.113. The van der Waals surface area contributed by atoms with Crippen LogP contribution in [-0.2, 0) is 4.79 Å². The van der Waals surface area contributed by atoms with Crippen molar-refractivity contribution >= 4 is 17.6 Å². The monoisotopic (exact) mass is 395 g/mol. The lowest BCUT2D eigenvalue weighted by Crippen LogP contribution is -2.46. The van der Waals surface area contributed by atoms with Crippen molar-refractivity contribution in [1.82, 2.24) is 10.6 Å². The molecule has 3 rings (SSSR count). The molecule has 29 heavy (non-hydrogen) atoms. The first-order valence-electron chi connectivity index (χ1n) is 9.42. The standard InChI is InChI=1S/C22H25N3O4/c1-5-29-18-11-15(8-9-17(18)26)20-19(14(4)23-22(28)25-20)21(27)24-16-10-12(2)6-7-13(16)3/h6-11,20,26H,5H2,1-4H3,(H,24,27)(H2,23,25,28)/t20-/m0/s1. The maximum atomic E-state index is 13.2. The minimum Gasteiger partial charge on any atom is -0.504 e. The zero-order valence-electron chi connectivity index (χ0n) is 16.9. The number of anilines is 1. The molecule has 0 aromatic heterocycles. The Kier molecular flexibility index (Phi) is 5.77. The Labute approximate surface area is 169 Å². The highest BCUT2D eigenvalue weighted by Gasteiger charge is 2.32. The van der Waals surface area contributed by atoms with Crippen LogP contribution in [0.25, 0.3) is 0 Å². The molecular weight excluding hydrogens is 370 g/mol. The van der Waals surface area contributed by atoms with Crippen LogP contribution < -0.4 is 20.7 Å². The summed E-state index contributed by atoms with van der Waals surface area (Å²) in [5.74, 6) is -0.0256. The molecule has 0 saturated heterocycles. The van der Waals surface area contributed by atoms with Gasteiger partial charge in [-0.15, -0.1) is 0 Å². The third-order valence-electron chi connectivity index (χ3n) is 4.77. The summed E-state index contributed by atoms with van der Waals surface area (Å²) in [6.07, 6.45) is 0. The van der Waals surface area contributed by atoms with E-state index < -0.39 is 12.1 Å². The van der Waals surface area contributed by atoms with Gasteiger partial charge in [0.25, 0.3) is 5.91 Å². The van der Waals surface area contributed by atoms with E-state index in [0.29, 0.717) is 34.9 Å². The predicted molar refractivity (Wildman–Crippen MR) is 111 cm³/mol. The van der Waals surface area contributed by atoms with Crippen LogP contribution in [0.2, 0.25) is 0 Å². The first-order valence-corrected chi connectivity index (χ1v) is 9.42. The average Bonchev–Trinajstić information content (AvgIpc) is 2.66. The minimum absolute atomic E-state index is 0.00190. The quantitative estimate of drug-likeness (QED) is 0.621. The largest absolute Gasteiger partial charge is 0.504 e. The number of phenols is 1. The van der Waals surface area contributed by atoms with Gasteiger partial charge in [-0.05, 0) is 62.6 Å². The second-order valence-corrected chi connectivity index (χ2v) is 7.00. The fraction of sp³-hybridized carbons (Fsp3) is 0.273. The van der Waals surface area contributed by atoms with Gasteiger partial charge in [0.2, 0.25) is 0 Å². The number of nitrogens with one attached hydrogen (secondary N) is 3. The van der Waals surface area contributed by atoms with Gasteiger partial charge in [0.15, 0.2) is 11.5 Å². The Morgan fingerprint density at radius 2 is 1.93 bits per heavy atom. The molecule has 0 aliphatic carbocycles. The number of urea groups is 1. The van der Waals surface area contributed by atoms with Crippen molar-refractivity contribution in [3.63, 3.8) is 0 Å². The van der Waals surface area contributed by atoms with E-state index >= 15 is 0 Å². The molecule has 1 atom stereocenters. The number of carbonyl (C=O) groups excluding carboxylic acids is 2. The molecule has 0 fully saturated rings. The van der Waals surface area contributed by atoms with E-state index in [1.165, 1.54) is 6.07 Å². The van der Waals surface area contributed by atoms with Crippen molar-refractivity contribution in [3.8, 4) is 11.5 Å². The van der Waals surface area contributed by atoms with Gasteiger partial charge in [0, 0.05) is 11.4 Å². The summed E-state index contributed by atoms with van der Waals surface area (Å²) in [6.45, 7) is 7.75. The van der Waals surface area contributed by atoms with E-state index in [2.05, 4.69) is 16.0 Å². The molecule has 0 radical (unpaired) electrons. The number of aromatic hydroxyl groups is 1. The van der Waals surface area contributed by atoms with Gasteiger partial charge in [0.05, 0.1) is 18.2 Å². The molecule has 1 aliphatic heterocycles. The third-order valence-corrected chi connectivity index (χ3v) is 4.77. The summed E-state index contributed by atoms with van der Waals surface area (Å²) in [7, 11) is 0. The molecule has 0 unspecified atom stereocenters. The van der Waals surface area contributed by atoms with Crippen molar-refractivity contribution < 1.29 is 19.4 Å². The van der Waals surface area contributed by atoms with Gasteiger partial charge in [-0.1, -0.05) is 18.2 Å². The lowest BCUT2D eigenvalue weighted by Gasteiger charge is -2.29. The second kappa shape index (κ2) is 8.26.